The maximum atomic E-state index is 16.3. The second kappa shape index (κ2) is 52.7. The molecule has 4 aromatic carbocycles. The normalized spacial score (nSPS) is 23.7. The minimum atomic E-state index is -1.90. The van der Waals surface area contributed by atoms with Crippen molar-refractivity contribution in [3.8, 4) is 22.8 Å². The molecular weight excluding hydrogens is 1830 g/mol. The van der Waals surface area contributed by atoms with Crippen LogP contribution >= 0.6 is 11.8 Å². The number of amides is 17. The molecule has 0 saturated carbocycles. The number of hydrogen-bond donors (Lipinski definition) is 20. The predicted molar refractivity (Wildman–Crippen MR) is 522 cm³/mol. The van der Waals surface area contributed by atoms with E-state index in [0.29, 0.717) is 87.8 Å². The van der Waals surface area contributed by atoms with Crippen LogP contribution in [0.5, 0.6) is 11.5 Å². The molecule has 14 atom stereocenters. The highest BCUT2D eigenvalue weighted by atomic mass is 32.2. The number of ether oxygens (including phenoxy) is 1. The fourth-order valence-electron chi connectivity index (χ4n) is 17.4. The standard InChI is InChI=1S/C96H135N23O20S/c1-10-13-27-74-88(131)107-65(26-19-39-102-96(100)101)84(127)114-73(83(126)104-49-79(99)123)51-140-52-80(124)105-68(43-55-31-35-58(121)36-32-55)91(134)115(7)54(6)82(125)109-70(46-78(98)122)94(137)119-41-21-30-76(119)90(133)112-71(47-97)86(129)110-67(42-53(4)5)93(136)118-40-20-29-75(118)89(132)108-66(44-57-48-103-63-24-17-15-22-60(57)63)85(128)113-72(50-120)87(130)111-69(92(135)117(9)77(28-14-11-2)95(138)116(74)8)45-62-61-23-16-18-25-64(61)106-81(62)56-33-37-59(38-34-56)139-12-3/h15-18,22-25,31-38,48,53-54,65-77,103,106,120-121H,10-14,19-21,26-30,39-47,49-52,97H2,1-9H3,(H2,98,122)(H2,99,123)(H,104,126)(H,105,124)(H,107,131)(H,108,132)(H,109,125)(H,110,129)(H,111,130)(H,112,133)(H,113,128)(H,114,127)(H4,100,101,102)/t54-,65?,66-,67-,68-,69-,70-,71-,72-,73-,74-,75?,76-,77-/m0/s1. The number of benzene rings is 4. The molecular formula is C96H135N23O20S. The van der Waals surface area contributed by atoms with Gasteiger partial charge in [0.25, 0.3) is 0 Å². The number of phenolic OH excluding ortho intramolecular Hbond substituents is 1. The minimum Gasteiger partial charge on any atom is -0.508 e. The number of primary amides is 2. The summed E-state index contributed by atoms with van der Waals surface area (Å²) in [5, 5.41) is 60.0. The van der Waals surface area contributed by atoms with Crippen LogP contribution in [0.15, 0.2) is 103 Å². The lowest BCUT2D eigenvalue weighted by atomic mass is 9.96. The van der Waals surface area contributed by atoms with Crippen LogP contribution in [0.4, 0.5) is 0 Å². The summed E-state index contributed by atoms with van der Waals surface area (Å²) in [5.74, 6) is -17.1. The molecule has 44 heteroatoms. The number of phenols is 1. The van der Waals surface area contributed by atoms with Crippen molar-refractivity contribution in [1.82, 2.24) is 93.0 Å². The predicted octanol–water partition coefficient (Wildman–Crippen LogP) is -0.841. The number of guanidine groups is 1. The summed E-state index contributed by atoms with van der Waals surface area (Å²) in [4.78, 5) is 263. The summed E-state index contributed by atoms with van der Waals surface area (Å²) in [5.41, 5.74) is 26.9. The number of carbonyl (C=O) groups is 17. The lowest BCUT2D eigenvalue weighted by molar-refractivity contribution is -0.149. The number of unbranched alkanes of at least 4 members (excludes halogenated alkanes) is 2. The summed E-state index contributed by atoms with van der Waals surface area (Å²) in [6.07, 6.45) is 1.79. The number of aromatic nitrogens is 2. The Morgan fingerprint density at radius 3 is 1.69 bits per heavy atom. The Labute approximate surface area is 816 Å². The molecule has 3 fully saturated rings. The lowest BCUT2D eigenvalue weighted by Crippen LogP contribution is -2.62. The molecule has 140 heavy (non-hydrogen) atoms. The van der Waals surface area contributed by atoms with Crippen molar-refractivity contribution >= 4 is 140 Å². The molecule has 0 aliphatic carbocycles. The molecule has 2 unspecified atom stereocenters. The Hall–Kier alpha value is -13.9. The van der Waals surface area contributed by atoms with E-state index in [1.54, 1.807) is 80.7 Å². The first-order chi connectivity index (χ1) is 66.8. The molecule has 2 aromatic heterocycles. The minimum absolute atomic E-state index is 0.000288. The average molecular weight is 1960 g/mol. The van der Waals surface area contributed by atoms with Crippen molar-refractivity contribution in [2.24, 2.45) is 28.9 Å². The monoisotopic (exact) mass is 1960 g/mol. The van der Waals surface area contributed by atoms with E-state index in [0.717, 1.165) is 31.4 Å². The zero-order chi connectivity index (χ0) is 102. The van der Waals surface area contributed by atoms with Gasteiger partial charge >= 0.3 is 0 Å². The molecule has 43 nitrogen and oxygen atoms in total. The third-order valence-electron chi connectivity index (χ3n) is 25.1. The topological polar surface area (TPSA) is 648 Å². The van der Waals surface area contributed by atoms with Crippen molar-refractivity contribution in [2.75, 3.05) is 78.6 Å². The third kappa shape index (κ3) is 30.1. The molecule has 5 heterocycles. The smallest absolute Gasteiger partial charge is 0.246 e. The van der Waals surface area contributed by atoms with E-state index in [1.165, 1.54) is 57.2 Å². The summed E-state index contributed by atoms with van der Waals surface area (Å²) < 4.78 is 5.80. The quantitative estimate of drug-likeness (QED) is 0.0162. The number of thioether (sulfide) groups is 1. The Balaban J connectivity index is 1.12. The maximum Gasteiger partial charge on any atom is 0.246 e. The van der Waals surface area contributed by atoms with Crippen LogP contribution in [-0.4, -0.2) is 314 Å². The van der Waals surface area contributed by atoms with Gasteiger partial charge in [-0.15, -0.1) is 11.8 Å². The van der Waals surface area contributed by atoms with Gasteiger partial charge in [0.15, 0.2) is 5.96 Å². The second-order valence-electron chi connectivity index (χ2n) is 35.8. The second-order valence-corrected chi connectivity index (χ2v) is 36.9. The molecule has 24 N–H and O–H groups in total. The van der Waals surface area contributed by atoms with E-state index in [9.17, 15) is 53.4 Å². The summed E-state index contributed by atoms with van der Waals surface area (Å²) >= 11 is 0.762. The zero-order valence-corrected chi connectivity index (χ0v) is 81.4. The van der Waals surface area contributed by atoms with Crippen molar-refractivity contribution in [3.05, 3.63) is 120 Å². The van der Waals surface area contributed by atoms with Gasteiger partial charge < -0.3 is 131 Å². The number of nitrogens with one attached hydrogen (secondary N) is 14. The first-order valence-electron chi connectivity index (χ1n) is 47.4. The summed E-state index contributed by atoms with van der Waals surface area (Å²) in [7, 11) is 3.94. The lowest BCUT2D eigenvalue weighted by Gasteiger charge is -2.36. The SMILES string of the molecule is CCCC[C@H]1C(=O)N(C)[C@@H](CCCC)C(=O)NC(CCCNC(=N)N)C(=O)N[C@H](C(=O)NCC(N)=O)CSCC(=O)N[C@@H](Cc2ccc(O)cc2)C(=O)N(C)[C@@H](C)C(=O)N[C@@H](CC(N)=O)C(=O)N2CCC[C@H]2C(=O)N[C@@H](CN)C(=O)N[C@@H](CC(C)C)C(=O)N2CCCC2C(=O)N[C@@H](Cc2c[nH]c3ccccc23)C(=O)N[C@@H](CO)C(=O)N[C@@H](Cc2c(-c3ccc(OCC)cc3)[nH]c3ccccc23)C(=O)N1C. The van der Waals surface area contributed by atoms with E-state index in [4.69, 9.17) is 33.1 Å². The molecule has 9 rings (SSSR count). The van der Waals surface area contributed by atoms with Crippen molar-refractivity contribution in [3.63, 3.8) is 0 Å². The number of aliphatic hydroxyl groups excluding tert-OH is 1. The van der Waals surface area contributed by atoms with Gasteiger partial charge in [-0.2, -0.15) is 0 Å². The maximum absolute atomic E-state index is 16.3. The molecule has 3 aliphatic rings. The van der Waals surface area contributed by atoms with E-state index in [-0.39, 0.29) is 108 Å². The largest absolute Gasteiger partial charge is 0.508 e. The number of carbonyl (C=O) groups excluding carboxylic acids is 17. The van der Waals surface area contributed by atoms with Gasteiger partial charge in [0.2, 0.25) is 100 Å². The molecule has 0 radical (unpaired) electrons. The number of H-pyrrole nitrogens is 2. The third-order valence-corrected chi connectivity index (χ3v) is 26.2. The Bertz CT molecular complexity index is 5410. The highest BCUT2D eigenvalue weighted by Crippen LogP contribution is 2.34. The Kier molecular flexibility index (Phi) is 41.3. The van der Waals surface area contributed by atoms with Crippen molar-refractivity contribution in [1.29, 1.82) is 5.41 Å². The van der Waals surface area contributed by atoms with Gasteiger partial charge in [0.05, 0.1) is 31.9 Å². The van der Waals surface area contributed by atoms with Gasteiger partial charge in [-0.1, -0.05) is 102 Å². The summed E-state index contributed by atoms with van der Waals surface area (Å²) in [6.45, 7) is 8.20. The first-order valence-corrected chi connectivity index (χ1v) is 48.6. The number of nitrogens with two attached hydrogens (primary N) is 4. The van der Waals surface area contributed by atoms with Gasteiger partial charge in [0.1, 0.15) is 96.1 Å². The van der Waals surface area contributed by atoms with Gasteiger partial charge in [-0.25, -0.2) is 0 Å². The number of para-hydroxylation sites is 2. The highest BCUT2D eigenvalue weighted by Gasteiger charge is 2.46. The van der Waals surface area contributed by atoms with Crippen LogP contribution < -0.4 is 86.2 Å². The van der Waals surface area contributed by atoms with Crippen LogP contribution in [0.2, 0.25) is 0 Å². The zero-order valence-electron chi connectivity index (χ0n) is 80.6. The van der Waals surface area contributed by atoms with Crippen LogP contribution in [0.1, 0.15) is 148 Å². The fraction of sp³-hybridized carbons (Fsp3) is 0.521. The number of aliphatic hydroxyl groups is 1. The van der Waals surface area contributed by atoms with Gasteiger partial charge in [-0.3, -0.25) is 86.9 Å². The van der Waals surface area contributed by atoms with E-state index in [1.807, 2.05) is 32.9 Å². The highest BCUT2D eigenvalue weighted by molar-refractivity contribution is 8.00. The number of hydrogen-bond acceptors (Lipinski definition) is 23. The number of aromatic amines is 2. The molecule has 3 saturated heterocycles. The van der Waals surface area contributed by atoms with E-state index < -0.39 is 229 Å². The molecule has 0 spiro atoms. The fourth-order valence-corrected chi connectivity index (χ4v) is 18.3. The van der Waals surface area contributed by atoms with Crippen molar-refractivity contribution < 1.29 is 96.5 Å². The number of aromatic hydroxyl groups is 1. The van der Waals surface area contributed by atoms with Crippen LogP contribution in [0.3, 0.4) is 0 Å². The molecule has 6 aromatic rings. The van der Waals surface area contributed by atoms with Crippen LogP contribution in [0.25, 0.3) is 33.1 Å². The van der Waals surface area contributed by atoms with Crippen molar-refractivity contribution in [2.45, 2.75) is 235 Å². The number of likely N-dealkylation sites (N-methyl/N-ethyl adjacent to an activating group) is 3. The number of nitrogens with zero attached hydrogens (tertiary/aromatic N) is 5. The molecule has 0 bridgehead atoms. The van der Waals surface area contributed by atoms with Crippen LogP contribution in [-0.2, 0) is 101 Å². The van der Waals surface area contributed by atoms with Gasteiger partial charge in [-0.05, 0) is 148 Å². The van der Waals surface area contributed by atoms with Crippen LogP contribution in [0, 0.1) is 11.3 Å². The average Bonchev–Trinajstić information content (AvgIpc) is 1.62. The summed E-state index contributed by atoms with van der Waals surface area (Å²) in [6, 6.07) is 5.45. The molecule has 17 amide bonds. The molecule has 760 valence electrons. The van der Waals surface area contributed by atoms with E-state index >= 15 is 38.4 Å². The number of rotatable bonds is 28. The Morgan fingerprint density at radius 1 is 0.543 bits per heavy atom. The van der Waals surface area contributed by atoms with E-state index in [2.05, 4.69) is 68.5 Å². The Morgan fingerprint density at radius 2 is 1.09 bits per heavy atom. The molecule has 3 aliphatic heterocycles. The first kappa shape index (κ1) is 110. The van der Waals surface area contributed by atoms with Gasteiger partial charge in [0, 0.05) is 106 Å². The number of fused-ring (bicyclic) bond motifs is 4.